The zero-order chi connectivity index (χ0) is 30.5. The van der Waals surface area contributed by atoms with Crippen LogP contribution in [0, 0.1) is 24.5 Å². The molecule has 10 nitrogen and oxygen atoms in total. The minimum Gasteiger partial charge on any atom is -0.388 e. The Bertz CT molecular complexity index is 1780. The van der Waals surface area contributed by atoms with Crippen molar-refractivity contribution >= 4 is 43.2 Å². The van der Waals surface area contributed by atoms with E-state index in [1.165, 1.54) is 17.4 Å². The highest BCUT2D eigenvalue weighted by atomic mass is 32.2. The van der Waals surface area contributed by atoms with Gasteiger partial charge in [-0.1, -0.05) is 13.0 Å². The van der Waals surface area contributed by atoms with Crippen molar-refractivity contribution in [3.63, 3.8) is 0 Å². The first-order chi connectivity index (χ1) is 20.5. The maximum atomic E-state index is 14.3. The first kappa shape index (κ1) is 29.7. The van der Waals surface area contributed by atoms with E-state index in [4.69, 9.17) is 4.98 Å². The number of pyridine rings is 1. The minimum atomic E-state index is -3.40. The molecular formula is C29H32F2N6O4S2. The van der Waals surface area contributed by atoms with E-state index in [-0.39, 0.29) is 48.2 Å². The van der Waals surface area contributed by atoms with Crippen molar-refractivity contribution in [2.24, 2.45) is 5.92 Å². The summed E-state index contributed by atoms with van der Waals surface area (Å²) in [5.41, 5.74) is 0.597. The zero-order valence-corrected chi connectivity index (χ0v) is 25.3. The van der Waals surface area contributed by atoms with Crippen LogP contribution in [0.3, 0.4) is 0 Å². The molecule has 3 heterocycles. The molecule has 228 valence electrons. The number of sulfone groups is 1. The summed E-state index contributed by atoms with van der Waals surface area (Å²) in [6.07, 6.45) is 2.81. The summed E-state index contributed by atoms with van der Waals surface area (Å²) in [6, 6.07) is 5.48. The van der Waals surface area contributed by atoms with Crippen LogP contribution >= 0.6 is 11.3 Å². The van der Waals surface area contributed by atoms with E-state index in [0.29, 0.717) is 22.2 Å². The van der Waals surface area contributed by atoms with Gasteiger partial charge in [-0.05, 0) is 50.8 Å². The molecule has 0 radical (unpaired) electrons. The summed E-state index contributed by atoms with van der Waals surface area (Å²) in [5, 5.41) is 29.1. The summed E-state index contributed by atoms with van der Waals surface area (Å²) in [7, 11) is -3.40. The van der Waals surface area contributed by atoms with Crippen molar-refractivity contribution < 1.29 is 27.4 Å². The second-order valence-electron chi connectivity index (χ2n) is 11.2. The van der Waals surface area contributed by atoms with Gasteiger partial charge in [0.1, 0.15) is 43.9 Å². The third kappa shape index (κ3) is 5.93. The zero-order valence-electron chi connectivity index (χ0n) is 23.6. The standard InChI is InChI=1S/C29H32F2N6O4S2/c1-3-43(40,41)14-17-9-11-29(39,25(17)38)37-26-22(27-35-24-21(42-27)10-12-32-23(24)16-7-8-16)15(2)34-28(36-26)33-13-18-19(30)5-4-6-20(18)31/h4-6,10,12,16-17,25,38-39H,3,7-9,11,13-14H2,1-2H3,(H2,33,34,36,37). The number of benzene rings is 1. The summed E-state index contributed by atoms with van der Waals surface area (Å²) in [4.78, 5) is 18.6. The Balaban J connectivity index is 1.39. The Kier molecular flexibility index (Phi) is 7.82. The smallest absolute Gasteiger partial charge is 0.225 e. The largest absolute Gasteiger partial charge is 0.388 e. The van der Waals surface area contributed by atoms with Gasteiger partial charge in [-0.25, -0.2) is 27.2 Å². The Hall–Kier alpha value is -3.33. The highest BCUT2D eigenvalue weighted by Crippen LogP contribution is 2.45. The van der Waals surface area contributed by atoms with E-state index < -0.39 is 39.2 Å². The first-order valence-electron chi connectivity index (χ1n) is 14.2. The Morgan fingerprint density at radius 1 is 1.12 bits per heavy atom. The fraction of sp³-hybridized carbons (Fsp3) is 0.448. The molecule has 3 unspecified atom stereocenters. The number of nitrogens with zero attached hydrogens (tertiary/aromatic N) is 4. The van der Waals surface area contributed by atoms with Crippen molar-refractivity contribution in [1.29, 1.82) is 0 Å². The lowest BCUT2D eigenvalue weighted by atomic mass is 10.0. The molecular weight excluding hydrogens is 598 g/mol. The summed E-state index contributed by atoms with van der Waals surface area (Å²) in [6.45, 7) is 3.04. The van der Waals surface area contributed by atoms with Crippen LogP contribution in [0.4, 0.5) is 20.5 Å². The second kappa shape index (κ2) is 11.3. The van der Waals surface area contributed by atoms with Crippen molar-refractivity contribution in [1.82, 2.24) is 19.9 Å². The average molecular weight is 631 g/mol. The van der Waals surface area contributed by atoms with Crippen molar-refractivity contribution in [3.05, 3.63) is 59.0 Å². The monoisotopic (exact) mass is 630 g/mol. The average Bonchev–Trinajstić information content (AvgIpc) is 3.66. The number of aliphatic hydroxyl groups is 2. The quantitative estimate of drug-likeness (QED) is 0.184. The van der Waals surface area contributed by atoms with Crippen LogP contribution in [0.2, 0.25) is 0 Å². The van der Waals surface area contributed by atoms with Gasteiger partial charge in [-0.2, -0.15) is 4.98 Å². The van der Waals surface area contributed by atoms with Gasteiger partial charge in [0.25, 0.3) is 0 Å². The maximum absolute atomic E-state index is 14.3. The van der Waals surface area contributed by atoms with Gasteiger partial charge in [0.2, 0.25) is 5.95 Å². The minimum absolute atomic E-state index is 0.0362. The molecule has 4 aromatic rings. The number of thiazole rings is 1. The van der Waals surface area contributed by atoms with Crippen LogP contribution < -0.4 is 10.6 Å². The maximum Gasteiger partial charge on any atom is 0.225 e. The predicted molar refractivity (Wildman–Crippen MR) is 160 cm³/mol. The van der Waals surface area contributed by atoms with E-state index >= 15 is 0 Å². The second-order valence-corrected chi connectivity index (χ2v) is 14.7. The van der Waals surface area contributed by atoms with E-state index in [2.05, 4.69) is 25.6 Å². The molecule has 0 amide bonds. The SMILES string of the molecule is CCS(=O)(=O)CC1CCC(O)(Nc2nc(NCc3c(F)cccc3F)nc(C)c2-c2nc3c(C4CC4)nccc3s2)C1O. The van der Waals surface area contributed by atoms with E-state index in [1.54, 1.807) is 20.0 Å². The van der Waals surface area contributed by atoms with Gasteiger partial charge in [-0.3, -0.25) is 4.98 Å². The molecule has 6 rings (SSSR count). The Morgan fingerprint density at radius 2 is 1.86 bits per heavy atom. The molecule has 2 saturated carbocycles. The van der Waals surface area contributed by atoms with Crippen LogP contribution in [0.1, 0.15) is 55.5 Å². The third-order valence-corrected chi connectivity index (χ3v) is 11.0. The number of halogens is 2. The van der Waals surface area contributed by atoms with Crippen LogP contribution in [0.25, 0.3) is 20.8 Å². The number of hydrogen-bond acceptors (Lipinski definition) is 11. The number of fused-ring (bicyclic) bond motifs is 1. The Morgan fingerprint density at radius 3 is 2.56 bits per heavy atom. The summed E-state index contributed by atoms with van der Waals surface area (Å²) < 4.78 is 54.1. The summed E-state index contributed by atoms with van der Waals surface area (Å²) in [5.74, 6) is -1.88. The van der Waals surface area contributed by atoms with Crippen LogP contribution in [0.5, 0.6) is 0 Å². The molecule has 2 aliphatic carbocycles. The molecule has 0 saturated heterocycles. The Labute approximate surface area is 251 Å². The third-order valence-electron chi connectivity index (χ3n) is 8.16. The van der Waals surface area contributed by atoms with Crippen LogP contribution in [-0.2, 0) is 16.4 Å². The number of aromatic nitrogens is 4. The highest BCUT2D eigenvalue weighted by molar-refractivity contribution is 7.91. The van der Waals surface area contributed by atoms with Gasteiger partial charge >= 0.3 is 0 Å². The normalized spacial score (nSPS) is 22.3. The fourth-order valence-electron chi connectivity index (χ4n) is 5.57. The topological polar surface area (TPSA) is 150 Å². The first-order valence-corrected chi connectivity index (χ1v) is 16.8. The van der Waals surface area contributed by atoms with Gasteiger partial charge < -0.3 is 20.8 Å². The molecule has 43 heavy (non-hydrogen) atoms. The van der Waals surface area contributed by atoms with Crippen molar-refractivity contribution in [2.45, 2.75) is 63.8 Å². The molecule has 14 heteroatoms. The molecule has 0 spiro atoms. The van der Waals surface area contributed by atoms with E-state index in [9.17, 15) is 27.4 Å². The molecule has 2 fully saturated rings. The molecule has 3 atom stereocenters. The summed E-state index contributed by atoms with van der Waals surface area (Å²) >= 11 is 1.41. The molecule has 1 aromatic carbocycles. The van der Waals surface area contributed by atoms with E-state index in [0.717, 1.165) is 40.9 Å². The lowest BCUT2D eigenvalue weighted by Crippen LogP contribution is -2.48. The van der Waals surface area contributed by atoms with Crippen LogP contribution in [-0.4, -0.2) is 61.9 Å². The number of hydrogen-bond donors (Lipinski definition) is 4. The number of aliphatic hydroxyl groups excluding tert-OH is 1. The molecule has 2 aliphatic rings. The number of aryl methyl sites for hydroxylation is 1. The molecule has 4 N–H and O–H groups in total. The molecule has 3 aromatic heterocycles. The fourth-order valence-corrected chi connectivity index (χ4v) is 7.87. The van der Waals surface area contributed by atoms with Crippen molar-refractivity contribution in [2.75, 3.05) is 22.1 Å². The molecule has 0 bridgehead atoms. The van der Waals surface area contributed by atoms with Crippen molar-refractivity contribution in [3.8, 4) is 10.6 Å². The highest BCUT2D eigenvalue weighted by Gasteiger charge is 2.48. The van der Waals surface area contributed by atoms with Gasteiger partial charge in [-0.15, -0.1) is 11.3 Å². The van der Waals surface area contributed by atoms with Crippen LogP contribution in [0.15, 0.2) is 30.5 Å². The molecule has 0 aliphatic heterocycles. The van der Waals surface area contributed by atoms with Gasteiger partial charge in [0, 0.05) is 35.9 Å². The van der Waals surface area contributed by atoms with E-state index in [1.807, 2.05) is 6.07 Å². The lowest BCUT2D eigenvalue weighted by Gasteiger charge is -2.31. The lowest BCUT2D eigenvalue weighted by molar-refractivity contribution is -0.0442. The number of anilines is 2. The number of rotatable bonds is 10. The number of nitrogens with one attached hydrogen (secondary N) is 2. The van der Waals surface area contributed by atoms with Gasteiger partial charge in [0.15, 0.2) is 5.72 Å². The van der Waals surface area contributed by atoms with Gasteiger partial charge in [0.05, 0.1) is 27.4 Å². The predicted octanol–water partition coefficient (Wildman–Crippen LogP) is 4.53.